The molecule has 0 unspecified atom stereocenters. The Bertz CT molecular complexity index is 130. The minimum absolute atomic E-state index is 0.205. The Morgan fingerprint density at radius 3 is 2.10 bits per heavy atom. The summed E-state index contributed by atoms with van der Waals surface area (Å²) < 4.78 is 24.5. The molecular weight excluding hydrogens is 140 g/mol. The third kappa shape index (κ3) is 3.50. The van der Waals surface area contributed by atoms with Gasteiger partial charge in [0.15, 0.2) is 0 Å². The van der Waals surface area contributed by atoms with Crippen molar-refractivity contribution >= 4 is 5.78 Å². The van der Waals surface area contributed by atoms with Crippen molar-refractivity contribution in [2.75, 3.05) is 13.6 Å². The molecule has 0 fully saturated rings. The highest BCUT2D eigenvalue weighted by Gasteiger charge is 2.27. The van der Waals surface area contributed by atoms with Gasteiger partial charge in [0, 0.05) is 6.92 Å². The number of carbonyl (C=O) groups is 1. The maximum atomic E-state index is 12.2. The van der Waals surface area contributed by atoms with E-state index in [0.29, 0.717) is 4.90 Å². The number of halogens is 2. The van der Waals surface area contributed by atoms with Crippen molar-refractivity contribution in [1.82, 2.24) is 4.90 Å². The predicted octanol–water partition coefficient (Wildman–Crippen LogP) is 1.12. The predicted molar refractivity (Wildman–Crippen MR) is 33.9 cm³/mol. The topological polar surface area (TPSA) is 20.3 Å². The van der Waals surface area contributed by atoms with Crippen molar-refractivity contribution in [3.63, 3.8) is 0 Å². The van der Waals surface area contributed by atoms with E-state index in [0.717, 1.165) is 6.92 Å². The van der Waals surface area contributed by atoms with Crippen LogP contribution in [0.25, 0.3) is 0 Å². The summed E-state index contributed by atoms with van der Waals surface area (Å²) in [4.78, 5) is 11.0. The molecular formula is C6H11F2NO. The lowest BCUT2D eigenvalue weighted by Crippen LogP contribution is -2.38. The van der Waals surface area contributed by atoms with Gasteiger partial charge in [-0.1, -0.05) is 0 Å². The molecule has 60 valence electrons. The summed E-state index contributed by atoms with van der Waals surface area (Å²) in [5.41, 5.74) is 0. The Morgan fingerprint density at radius 2 is 2.00 bits per heavy atom. The van der Waals surface area contributed by atoms with E-state index >= 15 is 0 Å². The molecule has 0 bridgehead atoms. The van der Waals surface area contributed by atoms with Gasteiger partial charge in [-0.25, -0.2) is 4.90 Å². The molecule has 0 radical (unpaired) electrons. The SMILES string of the molecule is CC(=O)CN(C)C(C)(F)F. The highest BCUT2D eigenvalue weighted by atomic mass is 19.3. The molecule has 0 atom stereocenters. The minimum Gasteiger partial charge on any atom is -0.299 e. The van der Waals surface area contributed by atoms with Crippen molar-refractivity contribution in [1.29, 1.82) is 0 Å². The van der Waals surface area contributed by atoms with Crippen LogP contribution in [-0.4, -0.2) is 30.3 Å². The van der Waals surface area contributed by atoms with E-state index in [1.807, 2.05) is 0 Å². The fourth-order valence-electron chi connectivity index (χ4n) is 0.473. The maximum absolute atomic E-state index is 12.2. The lowest BCUT2D eigenvalue weighted by Gasteiger charge is -2.21. The van der Waals surface area contributed by atoms with Crippen molar-refractivity contribution in [3.8, 4) is 0 Å². The molecule has 0 rings (SSSR count). The fraction of sp³-hybridized carbons (Fsp3) is 0.833. The number of likely N-dealkylation sites (N-methyl/N-ethyl adjacent to an activating group) is 1. The summed E-state index contributed by atoms with van der Waals surface area (Å²) in [5.74, 6) is -0.260. The number of nitrogens with zero attached hydrogens (tertiary/aromatic N) is 1. The van der Waals surface area contributed by atoms with Crippen molar-refractivity contribution in [2.24, 2.45) is 0 Å². The van der Waals surface area contributed by atoms with E-state index in [2.05, 4.69) is 0 Å². The van der Waals surface area contributed by atoms with Crippen LogP contribution in [0.15, 0.2) is 0 Å². The third-order valence-electron chi connectivity index (χ3n) is 1.13. The number of alkyl halides is 2. The first kappa shape index (κ1) is 9.49. The number of carbonyl (C=O) groups excluding carboxylic acids is 1. The van der Waals surface area contributed by atoms with Gasteiger partial charge in [0.25, 0.3) is 0 Å². The van der Waals surface area contributed by atoms with E-state index in [1.54, 1.807) is 0 Å². The average molecular weight is 151 g/mol. The van der Waals surface area contributed by atoms with Crippen LogP contribution in [0, 0.1) is 0 Å². The van der Waals surface area contributed by atoms with E-state index in [9.17, 15) is 13.6 Å². The summed E-state index contributed by atoms with van der Waals surface area (Å²) in [5, 5.41) is 0. The first-order valence-corrected chi connectivity index (χ1v) is 2.92. The number of rotatable bonds is 3. The quantitative estimate of drug-likeness (QED) is 0.563. The van der Waals surface area contributed by atoms with Crippen LogP contribution >= 0.6 is 0 Å². The second kappa shape index (κ2) is 3.05. The molecule has 0 saturated heterocycles. The normalized spacial score (nSPS) is 12.2. The molecule has 4 heteroatoms. The van der Waals surface area contributed by atoms with Gasteiger partial charge in [0.2, 0.25) is 0 Å². The molecule has 0 aromatic heterocycles. The first-order chi connectivity index (χ1) is 4.34. The Labute approximate surface area is 58.8 Å². The molecule has 0 saturated carbocycles. The summed E-state index contributed by atoms with van der Waals surface area (Å²) >= 11 is 0. The Kier molecular flexibility index (Phi) is 2.90. The smallest absolute Gasteiger partial charge is 0.299 e. The molecule has 0 heterocycles. The molecule has 0 aromatic rings. The third-order valence-corrected chi connectivity index (χ3v) is 1.13. The molecule has 0 aliphatic heterocycles. The molecule has 10 heavy (non-hydrogen) atoms. The Morgan fingerprint density at radius 1 is 1.60 bits per heavy atom. The van der Waals surface area contributed by atoms with Crippen LogP contribution in [0.3, 0.4) is 0 Å². The molecule has 0 aliphatic carbocycles. The van der Waals surface area contributed by atoms with Crippen LogP contribution in [0.5, 0.6) is 0 Å². The van der Waals surface area contributed by atoms with Crippen molar-refractivity contribution in [3.05, 3.63) is 0 Å². The number of Topliss-reactive ketones (excluding diaryl/α,β-unsaturated/α-hetero) is 1. The van der Waals surface area contributed by atoms with Gasteiger partial charge in [-0.05, 0) is 14.0 Å². The summed E-state index contributed by atoms with van der Waals surface area (Å²) in [7, 11) is 1.21. The fourth-order valence-corrected chi connectivity index (χ4v) is 0.473. The second-order valence-corrected chi connectivity index (χ2v) is 2.40. The second-order valence-electron chi connectivity index (χ2n) is 2.40. The largest absolute Gasteiger partial charge is 0.302 e. The zero-order valence-electron chi connectivity index (χ0n) is 6.32. The molecule has 0 N–H and O–H groups in total. The van der Waals surface area contributed by atoms with Gasteiger partial charge in [0.1, 0.15) is 5.78 Å². The molecule has 2 nitrogen and oxygen atoms in total. The highest BCUT2D eigenvalue weighted by molar-refractivity contribution is 5.77. The first-order valence-electron chi connectivity index (χ1n) is 2.92. The van der Waals surface area contributed by atoms with Gasteiger partial charge in [-0.3, -0.25) is 4.79 Å². The Balaban J connectivity index is 3.85. The zero-order chi connectivity index (χ0) is 8.36. The maximum Gasteiger partial charge on any atom is 0.302 e. The van der Waals surface area contributed by atoms with Crippen LogP contribution in [0.4, 0.5) is 8.78 Å². The Hall–Kier alpha value is -0.510. The molecule has 0 aromatic carbocycles. The number of ketones is 1. The van der Waals surface area contributed by atoms with E-state index in [4.69, 9.17) is 0 Å². The van der Waals surface area contributed by atoms with Gasteiger partial charge in [0.05, 0.1) is 6.54 Å². The average Bonchev–Trinajstić information content (AvgIpc) is 1.60. The molecule has 0 amide bonds. The highest BCUT2D eigenvalue weighted by Crippen LogP contribution is 2.15. The number of hydrogen-bond donors (Lipinski definition) is 0. The minimum atomic E-state index is -2.90. The monoisotopic (exact) mass is 151 g/mol. The van der Waals surface area contributed by atoms with E-state index in [1.165, 1.54) is 14.0 Å². The van der Waals surface area contributed by atoms with Gasteiger partial charge in [-0.15, -0.1) is 0 Å². The lowest BCUT2D eigenvalue weighted by molar-refractivity contribution is -0.137. The molecule has 0 spiro atoms. The summed E-state index contributed by atoms with van der Waals surface area (Å²) in [6, 6.07) is -2.90. The molecule has 0 aliphatic rings. The van der Waals surface area contributed by atoms with E-state index < -0.39 is 6.05 Å². The van der Waals surface area contributed by atoms with Crippen LogP contribution < -0.4 is 0 Å². The van der Waals surface area contributed by atoms with Gasteiger partial charge in [-0.2, -0.15) is 8.78 Å². The van der Waals surface area contributed by atoms with Crippen LogP contribution in [-0.2, 0) is 4.79 Å². The van der Waals surface area contributed by atoms with Crippen LogP contribution in [0.1, 0.15) is 13.8 Å². The van der Waals surface area contributed by atoms with E-state index in [-0.39, 0.29) is 12.3 Å². The zero-order valence-corrected chi connectivity index (χ0v) is 6.32. The van der Waals surface area contributed by atoms with Crippen molar-refractivity contribution < 1.29 is 13.6 Å². The summed E-state index contributed by atoms with van der Waals surface area (Å²) in [6.07, 6.45) is 0. The van der Waals surface area contributed by atoms with Gasteiger partial charge < -0.3 is 0 Å². The number of hydrogen-bond acceptors (Lipinski definition) is 2. The van der Waals surface area contributed by atoms with Crippen molar-refractivity contribution in [2.45, 2.75) is 19.9 Å². The lowest BCUT2D eigenvalue weighted by atomic mass is 10.4. The standard InChI is InChI=1S/C6H11F2NO/c1-5(10)4-9(3)6(2,7)8/h4H2,1-3H3. The summed E-state index contributed by atoms with van der Waals surface area (Å²) in [6.45, 7) is 1.84. The van der Waals surface area contributed by atoms with Crippen LogP contribution in [0.2, 0.25) is 0 Å². The van der Waals surface area contributed by atoms with Gasteiger partial charge >= 0.3 is 6.05 Å².